The first kappa shape index (κ1) is 18.4. The number of ether oxygens (including phenoxy) is 1. The van der Waals surface area contributed by atoms with Gasteiger partial charge in [0.15, 0.2) is 0 Å². The zero-order valence-electron chi connectivity index (χ0n) is 14.8. The molecule has 0 spiro atoms. The lowest BCUT2D eigenvalue weighted by atomic mass is 10.3. The van der Waals surface area contributed by atoms with Crippen molar-refractivity contribution in [3.63, 3.8) is 0 Å². The quantitative estimate of drug-likeness (QED) is 0.593. The summed E-state index contributed by atoms with van der Waals surface area (Å²) >= 11 is 0. The van der Waals surface area contributed by atoms with Gasteiger partial charge in [0.05, 0.1) is 24.3 Å². The number of nitrogens with zero attached hydrogens (tertiary/aromatic N) is 5. The lowest BCUT2D eigenvalue weighted by Crippen LogP contribution is -2.49. The molecule has 0 unspecified atom stereocenters. The Morgan fingerprint density at radius 1 is 1.37 bits per heavy atom. The van der Waals surface area contributed by atoms with Gasteiger partial charge in [0.2, 0.25) is 11.6 Å². The first-order chi connectivity index (χ1) is 13.1. The predicted octanol–water partition coefficient (Wildman–Crippen LogP) is 1.87. The van der Waals surface area contributed by atoms with E-state index >= 15 is 0 Å². The smallest absolute Gasteiger partial charge is 0.409 e. The predicted molar refractivity (Wildman–Crippen MR) is 95.5 cm³/mol. The number of anilines is 2. The van der Waals surface area contributed by atoms with E-state index in [1.165, 1.54) is 12.6 Å². The highest BCUT2D eigenvalue weighted by Crippen LogP contribution is 2.32. The highest BCUT2D eigenvalue weighted by Gasteiger charge is 2.30. The number of piperazine rings is 1. The Morgan fingerprint density at radius 2 is 2.15 bits per heavy atom. The third kappa shape index (κ3) is 4.25. The molecular weight excluding hydrogens is 356 g/mol. The van der Waals surface area contributed by atoms with E-state index in [-0.39, 0.29) is 30.0 Å². The second-order valence-corrected chi connectivity index (χ2v) is 5.76. The van der Waals surface area contributed by atoms with Crippen molar-refractivity contribution in [3.8, 4) is 0 Å². The molecule has 0 aliphatic carbocycles. The summed E-state index contributed by atoms with van der Waals surface area (Å²) < 4.78 is 10.2. The van der Waals surface area contributed by atoms with Gasteiger partial charge in [-0.25, -0.2) is 14.8 Å². The summed E-state index contributed by atoms with van der Waals surface area (Å²) in [5.74, 6) is 0.974. The van der Waals surface area contributed by atoms with Crippen LogP contribution >= 0.6 is 0 Å². The molecule has 2 aromatic rings. The fourth-order valence-corrected chi connectivity index (χ4v) is 2.80. The van der Waals surface area contributed by atoms with Gasteiger partial charge >= 0.3 is 11.8 Å². The Balaban J connectivity index is 1.74. The number of carbonyl (C=O) groups is 1. The molecule has 0 aromatic carbocycles. The molecule has 3 rings (SSSR count). The number of carbonyl (C=O) groups excluding carboxylic acids is 1. The van der Waals surface area contributed by atoms with Gasteiger partial charge in [-0.3, -0.25) is 10.1 Å². The van der Waals surface area contributed by atoms with E-state index in [9.17, 15) is 14.9 Å². The molecule has 3 heterocycles. The second-order valence-electron chi connectivity index (χ2n) is 5.76. The number of amides is 1. The van der Waals surface area contributed by atoms with Crippen LogP contribution in [0.4, 0.5) is 22.1 Å². The van der Waals surface area contributed by atoms with Crippen LogP contribution in [0.15, 0.2) is 29.1 Å². The number of hydrogen-bond acceptors (Lipinski definition) is 9. The van der Waals surface area contributed by atoms with Crippen LogP contribution in [0.25, 0.3) is 0 Å². The van der Waals surface area contributed by atoms with E-state index in [0.29, 0.717) is 38.5 Å². The Morgan fingerprint density at radius 3 is 2.78 bits per heavy atom. The molecule has 2 aromatic heterocycles. The Hall–Kier alpha value is -3.37. The van der Waals surface area contributed by atoms with Crippen molar-refractivity contribution in [2.24, 2.45) is 0 Å². The average molecular weight is 376 g/mol. The van der Waals surface area contributed by atoms with Crippen molar-refractivity contribution in [2.75, 3.05) is 43.0 Å². The van der Waals surface area contributed by atoms with Crippen LogP contribution in [0.2, 0.25) is 0 Å². The van der Waals surface area contributed by atoms with Gasteiger partial charge in [-0.1, -0.05) is 0 Å². The number of rotatable bonds is 6. The van der Waals surface area contributed by atoms with Gasteiger partial charge in [0, 0.05) is 26.2 Å². The highest BCUT2D eigenvalue weighted by atomic mass is 16.6. The molecule has 1 amide bonds. The molecular formula is C16H20N6O5. The monoisotopic (exact) mass is 376 g/mol. The van der Waals surface area contributed by atoms with Crippen LogP contribution in [-0.2, 0) is 11.3 Å². The van der Waals surface area contributed by atoms with Crippen LogP contribution in [-0.4, -0.2) is 58.7 Å². The number of hydrogen-bond donors (Lipinski definition) is 1. The van der Waals surface area contributed by atoms with Crippen LogP contribution < -0.4 is 10.2 Å². The number of nitrogens with one attached hydrogen (secondary N) is 1. The van der Waals surface area contributed by atoms with Gasteiger partial charge in [-0.2, -0.15) is 0 Å². The van der Waals surface area contributed by atoms with E-state index in [4.69, 9.17) is 9.15 Å². The molecule has 0 saturated carbocycles. The van der Waals surface area contributed by atoms with Crippen LogP contribution in [0.3, 0.4) is 0 Å². The van der Waals surface area contributed by atoms with E-state index < -0.39 is 4.92 Å². The number of furan rings is 1. The van der Waals surface area contributed by atoms with Crippen molar-refractivity contribution >= 4 is 23.4 Å². The van der Waals surface area contributed by atoms with Gasteiger partial charge in [0.1, 0.15) is 12.1 Å². The van der Waals surface area contributed by atoms with Crippen LogP contribution in [0.5, 0.6) is 0 Å². The van der Waals surface area contributed by atoms with Gasteiger partial charge in [-0.15, -0.1) is 0 Å². The number of aromatic nitrogens is 2. The molecule has 0 bridgehead atoms. The Bertz CT molecular complexity index is 789. The molecule has 1 saturated heterocycles. The molecule has 1 aliphatic heterocycles. The normalized spacial score (nSPS) is 14.1. The van der Waals surface area contributed by atoms with Gasteiger partial charge in [0.25, 0.3) is 0 Å². The zero-order chi connectivity index (χ0) is 19.2. The van der Waals surface area contributed by atoms with Crippen LogP contribution in [0, 0.1) is 10.1 Å². The second kappa shape index (κ2) is 8.34. The molecule has 11 heteroatoms. The van der Waals surface area contributed by atoms with E-state index in [1.807, 2.05) is 0 Å². The average Bonchev–Trinajstić information content (AvgIpc) is 3.20. The standard InChI is InChI=1S/C16H20N6O5/c1-2-26-16(23)21-7-5-20(6-8-21)15-13(22(24)25)14(18-11-19-15)17-10-12-4-3-9-27-12/h3-4,9,11H,2,5-8,10H2,1H3,(H,17,18,19). The first-order valence-corrected chi connectivity index (χ1v) is 8.52. The summed E-state index contributed by atoms with van der Waals surface area (Å²) in [6.45, 7) is 3.94. The molecule has 0 atom stereocenters. The maximum Gasteiger partial charge on any atom is 0.409 e. The van der Waals surface area contributed by atoms with Crippen molar-refractivity contribution < 1.29 is 18.9 Å². The fourth-order valence-electron chi connectivity index (χ4n) is 2.80. The highest BCUT2D eigenvalue weighted by molar-refractivity contribution is 5.71. The SMILES string of the molecule is CCOC(=O)N1CCN(c2ncnc(NCc3ccco3)c2[N+](=O)[O-])CC1. The van der Waals surface area contributed by atoms with Crippen molar-refractivity contribution in [3.05, 3.63) is 40.6 Å². The third-order valence-electron chi connectivity index (χ3n) is 4.10. The fraction of sp³-hybridized carbons (Fsp3) is 0.438. The lowest BCUT2D eigenvalue weighted by Gasteiger charge is -2.34. The molecule has 1 fully saturated rings. The largest absolute Gasteiger partial charge is 0.467 e. The summed E-state index contributed by atoms with van der Waals surface area (Å²) in [7, 11) is 0. The van der Waals surface area contributed by atoms with E-state index in [2.05, 4.69) is 15.3 Å². The number of nitro groups is 1. The van der Waals surface area contributed by atoms with Crippen molar-refractivity contribution in [1.82, 2.24) is 14.9 Å². The summed E-state index contributed by atoms with van der Waals surface area (Å²) in [5, 5.41) is 14.6. The van der Waals surface area contributed by atoms with E-state index in [0.717, 1.165) is 0 Å². The molecule has 27 heavy (non-hydrogen) atoms. The first-order valence-electron chi connectivity index (χ1n) is 8.52. The third-order valence-corrected chi connectivity index (χ3v) is 4.10. The summed E-state index contributed by atoms with van der Waals surface area (Å²) in [5.41, 5.74) is -0.200. The van der Waals surface area contributed by atoms with Gasteiger partial charge < -0.3 is 24.3 Å². The minimum atomic E-state index is -0.502. The summed E-state index contributed by atoms with van der Waals surface area (Å²) in [6.07, 6.45) is 2.43. The molecule has 11 nitrogen and oxygen atoms in total. The summed E-state index contributed by atoms with van der Waals surface area (Å²) in [4.78, 5) is 34.4. The topological polar surface area (TPSA) is 127 Å². The van der Waals surface area contributed by atoms with Gasteiger partial charge in [-0.05, 0) is 19.1 Å². The van der Waals surface area contributed by atoms with Crippen molar-refractivity contribution in [2.45, 2.75) is 13.5 Å². The lowest BCUT2D eigenvalue weighted by molar-refractivity contribution is -0.383. The molecule has 1 aliphatic rings. The van der Waals surface area contributed by atoms with Crippen LogP contribution in [0.1, 0.15) is 12.7 Å². The van der Waals surface area contributed by atoms with Crippen molar-refractivity contribution in [1.29, 1.82) is 0 Å². The maximum atomic E-state index is 11.8. The Kier molecular flexibility index (Phi) is 5.69. The maximum absolute atomic E-state index is 11.8. The van der Waals surface area contributed by atoms with E-state index in [1.54, 1.807) is 28.9 Å². The molecule has 144 valence electrons. The Labute approximate surface area is 155 Å². The summed E-state index contributed by atoms with van der Waals surface area (Å²) in [6, 6.07) is 3.50. The minimum absolute atomic E-state index is 0.120. The molecule has 1 N–H and O–H groups in total. The minimum Gasteiger partial charge on any atom is -0.467 e. The zero-order valence-corrected chi connectivity index (χ0v) is 14.8. The molecule has 0 radical (unpaired) electrons.